The molecule has 0 aliphatic heterocycles. The Kier molecular flexibility index (Phi) is 3.37. The van der Waals surface area contributed by atoms with Crippen LogP contribution in [0.1, 0.15) is 0 Å². The highest BCUT2D eigenvalue weighted by Gasteiger charge is 2.18. The molecule has 3 rings (SSSR count). The Morgan fingerprint density at radius 3 is 2.33 bits per heavy atom. The molecule has 0 bridgehead atoms. The van der Waals surface area contributed by atoms with Gasteiger partial charge < -0.3 is 0 Å². The predicted octanol–water partition coefficient (Wildman–Crippen LogP) is 3.18. The molecule has 2 aromatic carbocycles. The van der Waals surface area contributed by atoms with Gasteiger partial charge in [0.2, 0.25) is 0 Å². The number of nitrogen functional groups attached to an aromatic ring is 1. The summed E-state index contributed by atoms with van der Waals surface area (Å²) in [6.45, 7) is 0. The lowest BCUT2D eigenvalue weighted by molar-refractivity contribution is -0.563. The van der Waals surface area contributed by atoms with Crippen LogP contribution in [0.15, 0.2) is 60.0 Å². The van der Waals surface area contributed by atoms with Gasteiger partial charge in [0.15, 0.2) is 5.69 Å². The Morgan fingerprint density at radius 1 is 1.05 bits per heavy atom. The third-order valence-electron chi connectivity index (χ3n) is 3.14. The molecule has 0 aliphatic rings. The second-order valence-corrected chi connectivity index (χ2v) is 5.32. The maximum absolute atomic E-state index is 10.7. The highest BCUT2D eigenvalue weighted by molar-refractivity contribution is 7.13. The fraction of sp³-hybridized carbons (Fsp3) is 0. The summed E-state index contributed by atoms with van der Waals surface area (Å²) >= 11 is 1.44. The highest BCUT2D eigenvalue weighted by Crippen LogP contribution is 2.25. The van der Waals surface area contributed by atoms with Gasteiger partial charge in [-0.05, 0) is 24.3 Å². The van der Waals surface area contributed by atoms with E-state index in [0.717, 1.165) is 16.9 Å². The zero-order valence-corrected chi connectivity index (χ0v) is 11.8. The molecule has 0 atom stereocenters. The summed E-state index contributed by atoms with van der Waals surface area (Å²) in [4.78, 5) is 10.3. The largest absolute Gasteiger partial charge is 0.337 e. The van der Waals surface area contributed by atoms with E-state index in [-0.39, 0.29) is 5.69 Å². The fourth-order valence-corrected chi connectivity index (χ4v) is 2.92. The van der Waals surface area contributed by atoms with E-state index in [0.29, 0.717) is 5.13 Å². The van der Waals surface area contributed by atoms with Crippen molar-refractivity contribution in [3.63, 3.8) is 0 Å². The lowest BCUT2D eigenvalue weighted by Crippen LogP contribution is -2.33. The molecule has 0 fully saturated rings. The number of nitrogens with zero attached hydrogens (tertiary/aromatic N) is 2. The summed E-state index contributed by atoms with van der Waals surface area (Å²) in [5, 5.41) is 13.3. The van der Waals surface area contributed by atoms with Gasteiger partial charge in [0.05, 0.1) is 4.92 Å². The molecule has 0 spiro atoms. The van der Waals surface area contributed by atoms with Crippen molar-refractivity contribution in [1.82, 2.24) is 0 Å². The van der Waals surface area contributed by atoms with Gasteiger partial charge in [-0.25, -0.2) is 0 Å². The van der Waals surface area contributed by atoms with Crippen LogP contribution < -0.4 is 10.3 Å². The Morgan fingerprint density at radius 2 is 1.71 bits per heavy atom. The first kappa shape index (κ1) is 13.3. The highest BCUT2D eigenvalue weighted by atomic mass is 32.1. The van der Waals surface area contributed by atoms with Crippen molar-refractivity contribution >= 4 is 22.2 Å². The van der Waals surface area contributed by atoms with Crippen molar-refractivity contribution in [3.8, 4) is 16.9 Å². The molecule has 5 nitrogen and oxygen atoms in total. The Hall–Kier alpha value is -2.73. The summed E-state index contributed by atoms with van der Waals surface area (Å²) in [5.41, 5.74) is 8.90. The van der Waals surface area contributed by atoms with Crippen molar-refractivity contribution < 1.29 is 9.49 Å². The number of benzene rings is 2. The third-order valence-corrected chi connectivity index (χ3v) is 3.91. The number of non-ortho nitro benzene ring substituents is 1. The number of nitrogens with two attached hydrogens (primary N) is 1. The van der Waals surface area contributed by atoms with Crippen LogP contribution in [-0.2, 0) is 0 Å². The number of hydrogen-bond acceptors (Lipinski definition) is 4. The van der Waals surface area contributed by atoms with E-state index >= 15 is 0 Å². The van der Waals surface area contributed by atoms with Crippen molar-refractivity contribution in [2.75, 3.05) is 5.73 Å². The molecule has 21 heavy (non-hydrogen) atoms. The summed E-state index contributed by atoms with van der Waals surface area (Å²) in [6, 6.07) is 16.2. The number of nitro groups is 1. The SMILES string of the molecule is Nc1scc(-c2ccc([N+](=O)[O-])cc2)[n+]1-c1ccccc1. The number of rotatable bonds is 3. The minimum atomic E-state index is -0.406. The van der Waals surface area contributed by atoms with Gasteiger partial charge in [0, 0.05) is 23.1 Å². The van der Waals surface area contributed by atoms with Crippen LogP contribution in [0.2, 0.25) is 0 Å². The zero-order valence-electron chi connectivity index (χ0n) is 11.0. The molecule has 0 radical (unpaired) electrons. The van der Waals surface area contributed by atoms with Gasteiger partial charge in [0.1, 0.15) is 5.69 Å². The van der Waals surface area contributed by atoms with Crippen LogP contribution in [-0.4, -0.2) is 4.92 Å². The van der Waals surface area contributed by atoms with E-state index in [2.05, 4.69) is 0 Å². The first-order valence-corrected chi connectivity index (χ1v) is 7.14. The first-order valence-electron chi connectivity index (χ1n) is 6.26. The van der Waals surface area contributed by atoms with E-state index in [4.69, 9.17) is 5.73 Å². The summed E-state index contributed by atoms with van der Waals surface area (Å²) < 4.78 is 1.94. The number of aromatic nitrogens is 1. The van der Waals surface area contributed by atoms with E-state index in [9.17, 15) is 10.1 Å². The van der Waals surface area contributed by atoms with Gasteiger partial charge in [-0.3, -0.25) is 15.8 Å². The maximum Gasteiger partial charge on any atom is 0.337 e. The Balaban J connectivity index is 2.10. The maximum atomic E-state index is 10.7. The fourth-order valence-electron chi connectivity index (χ4n) is 2.13. The Bertz CT molecular complexity index is 782. The second-order valence-electron chi connectivity index (χ2n) is 4.43. The monoisotopic (exact) mass is 298 g/mol. The van der Waals surface area contributed by atoms with E-state index in [1.165, 1.54) is 23.5 Å². The lowest BCUT2D eigenvalue weighted by Gasteiger charge is -2.03. The minimum Gasteiger partial charge on any atom is -0.277 e. The summed E-state index contributed by atoms with van der Waals surface area (Å²) in [6.07, 6.45) is 0. The Labute approximate surface area is 125 Å². The molecule has 1 aromatic heterocycles. The number of para-hydroxylation sites is 1. The molecular formula is C15H12N3O2S+. The van der Waals surface area contributed by atoms with Crippen LogP contribution in [0.25, 0.3) is 16.9 Å². The van der Waals surface area contributed by atoms with Crippen LogP contribution >= 0.6 is 11.3 Å². The molecule has 104 valence electrons. The normalized spacial score (nSPS) is 10.5. The standard InChI is InChI=1S/C15H11N3O2S/c16-15-17(12-4-2-1-3-5-12)14(10-21-15)11-6-8-13(9-7-11)18(19)20/h1-10,16H/p+1. The van der Waals surface area contributed by atoms with Crippen LogP contribution in [0, 0.1) is 10.1 Å². The second kappa shape index (κ2) is 5.34. The van der Waals surface area contributed by atoms with E-state index in [1.807, 2.05) is 40.3 Å². The molecular weight excluding hydrogens is 286 g/mol. The molecule has 1 heterocycles. The lowest BCUT2D eigenvalue weighted by atomic mass is 10.1. The number of thiazole rings is 1. The molecule has 6 heteroatoms. The third kappa shape index (κ3) is 2.48. The minimum absolute atomic E-state index is 0.0770. The predicted molar refractivity (Wildman–Crippen MR) is 82.4 cm³/mol. The molecule has 0 saturated heterocycles. The van der Waals surface area contributed by atoms with E-state index < -0.39 is 4.92 Å². The first-order chi connectivity index (χ1) is 10.2. The molecule has 0 aliphatic carbocycles. The number of nitro benzene ring substituents is 1. The van der Waals surface area contributed by atoms with Gasteiger partial charge in [-0.15, -0.1) is 0 Å². The van der Waals surface area contributed by atoms with E-state index in [1.54, 1.807) is 12.1 Å². The average molecular weight is 298 g/mol. The summed E-state index contributed by atoms with van der Waals surface area (Å²) in [7, 11) is 0. The average Bonchev–Trinajstić information content (AvgIpc) is 2.90. The molecule has 0 unspecified atom stereocenters. The quantitative estimate of drug-likeness (QED) is 0.458. The topological polar surface area (TPSA) is 73.0 Å². The summed E-state index contributed by atoms with van der Waals surface area (Å²) in [5.74, 6) is 0. The van der Waals surface area contributed by atoms with Gasteiger partial charge in [-0.2, -0.15) is 4.57 Å². The van der Waals surface area contributed by atoms with Gasteiger partial charge >= 0.3 is 5.13 Å². The van der Waals surface area contributed by atoms with Crippen LogP contribution in [0.3, 0.4) is 0 Å². The smallest absolute Gasteiger partial charge is 0.277 e. The van der Waals surface area contributed by atoms with Gasteiger partial charge in [-0.1, -0.05) is 29.5 Å². The van der Waals surface area contributed by atoms with Crippen LogP contribution in [0.5, 0.6) is 0 Å². The number of anilines is 1. The zero-order chi connectivity index (χ0) is 14.8. The molecule has 0 saturated carbocycles. The molecule has 2 N–H and O–H groups in total. The van der Waals surface area contributed by atoms with Crippen LogP contribution in [0.4, 0.5) is 10.8 Å². The van der Waals surface area contributed by atoms with Crippen molar-refractivity contribution in [2.45, 2.75) is 0 Å². The van der Waals surface area contributed by atoms with Gasteiger partial charge in [0.25, 0.3) is 5.69 Å². The molecule has 0 amide bonds. The molecule has 3 aromatic rings. The number of hydrogen-bond donors (Lipinski definition) is 1. The van der Waals surface area contributed by atoms with Crippen molar-refractivity contribution in [3.05, 3.63) is 70.1 Å². The van der Waals surface area contributed by atoms with Crippen molar-refractivity contribution in [1.29, 1.82) is 0 Å². The van der Waals surface area contributed by atoms with Crippen molar-refractivity contribution in [2.24, 2.45) is 0 Å².